The largest absolute Gasteiger partial charge is 0.398 e. The molecule has 0 atom stereocenters. The first-order valence-corrected chi connectivity index (χ1v) is 7.71. The quantitative estimate of drug-likeness (QED) is 0.815. The van der Waals surface area contributed by atoms with Gasteiger partial charge in [0.05, 0.1) is 11.6 Å². The molecule has 108 valence electrons. The van der Waals surface area contributed by atoms with Crippen molar-refractivity contribution in [3.63, 3.8) is 0 Å². The molecule has 0 saturated heterocycles. The van der Waals surface area contributed by atoms with Crippen molar-refractivity contribution in [1.29, 1.82) is 0 Å². The summed E-state index contributed by atoms with van der Waals surface area (Å²) in [6.07, 6.45) is 0. The molecule has 2 N–H and O–H groups in total. The van der Waals surface area contributed by atoms with Crippen molar-refractivity contribution in [2.45, 2.75) is 18.7 Å². The smallest absolute Gasteiger partial charge is 0.244 e. The van der Waals surface area contributed by atoms with Crippen molar-refractivity contribution >= 4 is 27.3 Å². The minimum Gasteiger partial charge on any atom is -0.398 e. The van der Waals surface area contributed by atoms with E-state index in [4.69, 9.17) is 22.1 Å². The van der Waals surface area contributed by atoms with E-state index in [-0.39, 0.29) is 16.5 Å². The van der Waals surface area contributed by atoms with Crippen molar-refractivity contribution in [1.82, 2.24) is 4.31 Å². The Morgan fingerprint density at radius 2 is 2.05 bits per heavy atom. The van der Waals surface area contributed by atoms with Gasteiger partial charge in [-0.15, -0.1) is 0 Å². The van der Waals surface area contributed by atoms with E-state index in [1.165, 1.54) is 17.5 Å². The number of nitrogen functional groups attached to an aromatic ring is 1. The second-order valence-corrected chi connectivity index (χ2v) is 6.44. The molecule has 0 saturated carbocycles. The number of likely N-dealkylation sites (N-methyl/N-ethyl adjacent to an activating group) is 1. The molecule has 1 aromatic carbocycles. The zero-order valence-electron chi connectivity index (χ0n) is 11.3. The van der Waals surface area contributed by atoms with E-state index in [1.54, 1.807) is 19.9 Å². The van der Waals surface area contributed by atoms with Crippen LogP contribution in [0.3, 0.4) is 0 Å². The van der Waals surface area contributed by atoms with Crippen LogP contribution in [0.5, 0.6) is 0 Å². The average Bonchev–Trinajstić information content (AvgIpc) is 2.34. The van der Waals surface area contributed by atoms with Crippen molar-refractivity contribution in [2.75, 3.05) is 32.5 Å². The Bertz CT molecular complexity index is 546. The third kappa shape index (κ3) is 3.60. The number of rotatable bonds is 6. The van der Waals surface area contributed by atoms with Crippen LogP contribution in [-0.2, 0) is 14.8 Å². The Morgan fingerprint density at radius 1 is 1.42 bits per heavy atom. The molecule has 1 rings (SSSR count). The molecule has 0 spiro atoms. The molecule has 5 nitrogen and oxygen atoms in total. The van der Waals surface area contributed by atoms with Gasteiger partial charge in [0.25, 0.3) is 0 Å². The maximum atomic E-state index is 12.5. The Balaban J connectivity index is 3.22. The molecule has 19 heavy (non-hydrogen) atoms. The van der Waals surface area contributed by atoms with E-state index in [1.807, 2.05) is 0 Å². The number of hydrogen-bond acceptors (Lipinski definition) is 4. The van der Waals surface area contributed by atoms with Gasteiger partial charge in [-0.25, -0.2) is 8.42 Å². The fraction of sp³-hybridized carbons (Fsp3) is 0.500. The summed E-state index contributed by atoms with van der Waals surface area (Å²) in [7, 11) is -2.13. The van der Waals surface area contributed by atoms with Gasteiger partial charge in [-0.2, -0.15) is 4.31 Å². The van der Waals surface area contributed by atoms with Gasteiger partial charge < -0.3 is 10.5 Å². The highest BCUT2D eigenvalue weighted by atomic mass is 35.5. The van der Waals surface area contributed by atoms with Crippen LogP contribution in [0.15, 0.2) is 17.0 Å². The minimum absolute atomic E-state index is 0.0372. The third-order valence-electron chi connectivity index (χ3n) is 2.84. The van der Waals surface area contributed by atoms with Crippen molar-refractivity contribution < 1.29 is 13.2 Å². The minimum atomic E-state index is -3.65. The molecule has 0 radical (unpaired) electrons. The van der Waals surface area contributed by atoms with Crippen LogP contribution in [0, 0.1) is 6.92 Å². The summed E-state index contributed by atoms with van der Waals surface area (Å²) in [6.45, 7) is 4.49. The van der Waals surface area contributed by atoms with Crippen LogP contribution in [0.25, 0.3) is 0 Å². The maximum Gasteiger partial charge on any atom is 0.244 e. The summed E-state index contributed by atoms with van der Waals surface area (Å²) in [4.78, 5) is 0.0372. The Hall–Kier alpha value is -0.820. The molecule has 0 fully saturated rings. The second kappa shape index (κ2) is 6.56. The third-order valence-corrected chi connectivity index (χ3v) is 5.27. The number of anilines is 1. The van der Waals surface area contributed by atoms with E-state index in [9.17, 15) is 8.42 Å². The van der Waals surface area contributed by atoms with Crippen LogP contribution >= 0.6 is 11.6 Å². The summed E-state index contributed by atoms with van der Waals surface area (Å²) in [5.41, 5.74) is 6.92. The summed E-state index contributed by atoms with van der Waals surface area (Å²) in [6, 6.07) is 2.97. The fourth-order valence-electron chi connectivity index (χ4n) is 1.65. The number of halogens is 1. The molecule has 7 heteroatoms. The van der Waals surface area contributed by atoms with Gasteiger partial charge in [0.15, 0.2) is 0 Å². The van der Waals surface area contributed by atoms with Gasteiger partial charge >= 0.3 is 0 Å². The average molecular weight is 307 g/mol. The summed E-state index contributed by atoms with van der Waals surface area (Å²) in [5.74, 6) is 0. The second-order valence-electron chi connectivity index (χ2n) is 4.13. The molecule has 0 aliphatic heterocycles. The van der Waals surface area contributed by atoms with Crippen molar-refractivity contribution in [3.05, 3.63) is 22.7 Å². The molecule has 0 aliphatic rings. The summed E-state index contributed by atoms with van der Waals surface area (Å²) in [5, 5.41) is 0.183. The van der Waals surface area contributed by atoms with Crippen LogP contribution in [-0.4, -0.2) is 39.5 Å². The lowest BCUT2D eigenvalue weighted by atomic mass is 10.2. The predicted molar refractivity (Wildman–Crippen MR) is 76.9 cm³/mol. The Morgan fingerprint density at radius 3 is 2.58 bits per heavy atom. The first-order chi connectivity index (χ1) is 8.84. The molecule has 0 amide bonds. The number of hydrogen-bond donors (Lipinski definition) is 1. The lowest BCUT2D eigenvalue weighted by molar-refractivity contribution is 0.180. The van der Waals surface area contributed by atoms with E-state index >= 15 is 0 Å². The monoisotopic (exact) mass is 306 g/mol. The first kappa shape index (κ1) is 16.2. The van der Waals surface area contributed by atoms with E-state index in [2.05, 4.69) is 0 Å². The van der Waals surface area contributed by atoms with E-state index < -0.39 is 10.0 Å². The highest BCUT2D eigenvalue weighted by Gasteiger charge is 2.26. The lowest BCUT2D eigenvalue weighted by Gasteiger charge is -2.21. The van der Waals surface area contributed by atoms with E-state index in [0.29, 0.717) is 18.8 Å². The molecular formula is C12H19ClN2O3S. The summed E-state index contributed by atoms with van der Waals surface area (Å²) < 4.78 is 31.2. The molecule has 1 aromatic rings. The topological polar surface area (TPSA) is 72.6 Å². The van der Waals surface area contributed by atoms with Gasteiger partial charge in [-0.3, -0.25) is 0 Å². The Labute approximate surface area is 119 Å². The fourth-order valence-corrected chi connectivity index (χ4v) is 3.67. The van der Waals surface area contributed by atoms with E-state index in [0.717, 1.165) is 5.56 Å². The maximum absolute atomic E-state index is 12.5. The van der Waals surface area contributed by atoms with Crippen molar-refractivity contribution in [3.8, 4) is 0 Å². The zero-order chi connectivity index (χ0) is 14.6. The lowest BCUT2D eigenvalue weighted by Crippen LogP contribution is -2.34. The number of methoxy groups -OCH3 is 1. The number of nitrogens with two attached hydrogens (primary N) is 1. The van der Waals surface area contributed by atoms with Crippen LogP contribution in [0.2, 0.25) is 5.02 Å². The molecule has 0 unspecified atom stereocenters. The van der Waals surface area contributed by atoms with Crippen LogP contribution in [0.4, 0.5) is 5.69 Å². The predicted octanol–water partition coefficient (Wildman–Crippen LogP) is 1.89. The van der Waals surface area contributed by atoms with Gasteiger partial charge in [-0.05, 0) is 24.6 Å². The molecule has 0 bridgehead atoms. The molecule has 0 aromatic heterocycles. The van der Waals surface area contributed by atoms with Gasteiger partial charge in [0, 0.05) is 25.9 Å². The van der Waals surface area contributed by atoms with Gasteiger partial charge in [0.1, 0.15) is 4.90 Å². The van der Waals surface area contributed by atoms with Gasteiger partial charge in [0.2, 0.25) is 10.0 Å². The Kier molecular flexibility index (Phi) is 5.61. The first-order valence-electron chi connectivity index (χ1n) is 5.89. The number of benzene rings is 1. The molecular weight excluding hydrogens is 288 g/mol. The SMILES string of the molecule is CCN(CCOC)S(=O)(=O)c1cc(N)c(C)cc1Cl. The molecule has 0 aliphatic carbocycles. The molecule has 0 heterocycles. The highest BCUT2D eigenvalue weighted by Crippen LogP contribution is 2.29. The highest BCUT2D eigenvalue weighted by molar-refractivity contribution is 7.89. The normalized spacial score (nSPS) is 12.1. The van der Waals surface area contributed by atoms with Crippen LogP contribution in [0.1, 0.15) is 12.5 Å². The number of ether oxygens (including phenoxy) is 1. The van der Waals surface area contributed by atoms with Gasteiger partial charge in [-0.1, -0.05) is 18.5 Å². The number of nitrogens with zero attached hydrogens (tertiary/aromatic N) is 1. The number of aryl methyl sites for hydroxylation is 1. The standard InChI is InChI=1S/C12H19ClN2O3S/c1-4-15(5-6-18-3)19(16,17)12-8-11(14)9(2)7-10(12)13/h7-8H,4-6,14H2,1-3H3. The zero-order valence-corrected chi connectivity index (χ0v) is 12.9. The summed E-state index contributed by atoms with van der Waals surface area (Å²) >= 11 is 6.03. The van der Waals surface area contributed by atoms with Crippen LogP contribution < -0.4 is 5.73 Å². The van der Waals surface area contributed by atoms with Crippen molar-refractivity contribution in [2.24, 2.45) is 0 Å². The number of sulfonamides is 1.